The highest BCUT2D eigenvalue weighted by atomic mass is 16.5. The van der Waals surface area contributed by atoms with Crippen LogP contribution in [0.2, 0.25) is 0 Å². The van der Waals surface area contributed by atoms with Crippen LogP contribution < -0.4 is 9.47 Å². The fraction of sp³-hybridized carbons (Fsp3) is 0.250. The summed E-state index contributed by atoms with van der Waals surface area (Å²) in [6, 6.07) is 8.91. The lowest BCUT2D eigenvalue weighted by atomic mass is 9.85. The number of nitrogens with zero attached hydrogens (tertiary/aromatic N) is 2. The Hall–Kier alpha value is -3.54. The van der Waals surface area contributed by atoms with E-state index >= 15 is 0 Å². The van der Waals surface area contributed by atoms with Gasteiger partial charge < -0.3 is 9.47 Å². The van der Waals surface area contributed by atoms with E-state index in [0.717, 1.165) is 24.0 Å². The van der Waals surface area contributed by atoms with Gasteiger partial charge in [-0.05, 0) is 54.3 Å². The summed E-state index contributed by atoms with van der Waals surface area (Å²) < 4.78 is 11.3. The number of unbranched alkanes of at least 4 members (excludes halogenated alkanes) is 1. The molecule has 2 aromatic heterocycles. The van der Waals surface area contributed by atoms with Crippen molar-refractivity contribution in [3.63, 3.8) is 0 Å². The Bertz CT molecular complexity index is 1150. The first-order valence-electron chi connectivity index (χ1n) is 9.91. The van der Waals surface area contributed by atoms with Crippen LogP contribution in [0.4, 0.5) is 0 Å². The van der Waals surface area contributed by atoms with Crippen molar-refractivity contribution in [2.75, 3.05) is 13.7 Å². The molecular formula is C24H22N2O4. The molecule has 4 rings (SSSR count). The van der Waals surface area contributed by atoms with Crippen molar-refractivity contribution < 1.29 is 19.1 Å². The van der Waals surface area contributed by atoms with Gasteiger partial charge in [0, 0.05) is 12.4 Å². The molecule has 0 amide bonds. The quantitative estimate of drug-likeness (QED) is 0.445. The highest BCUT2D eigenvalue weighted by Crippen LogP contribution is 2.37. The van der Waals surface area contributed by atoms with Crippen LogP contribution in [0.25, 0.3) is 11.1 Å². The van der Waals surface area contributed by atoms with Gasteiger partial charge in [-0.2, -0.15) is 0 Å². The van der Waals surface area contributed by atoms with E-state index in [1.165, 1.54) is 0 Å². The van der Waals surface area contributed by atoms with E-state index in [0.29, 0.717) is 29.2 Å². The summed E-state index contributed by atoms with van der Waals surface area (Å²) in [4.78, 5) is 34.7. The fourth-order valence-corrected chi connectivity index (χ4v) is 3.55. The van der Waals surface area contributed by atoms with Gasteiger partial charge in [-0.25, -0.2) is 0 Å². The zero-order chi connectivity index (χ0) is 21.3. The van der Waals surface area contributed by atoms with Gasteiger partial charge in [-0.1, -0.05) is 19.4 Å². The topological polar surface area (TPSA) is 78.4 Å². The third-order valence-electron chi connectivity index (χ3n) is 5.11. The second-order valence-electron chi connectivity index (χ2n) is 7.22. The van der Waals surface area contributed by atoms with E-state index in [4.69, 9.17) is 9.47 Å². The molecule has 0 fully saturated rings. The number of aryl methyl sites for hydroxylation is 1. The summed E-state index contributed by atoms with van der Waals surface area (Å²) >= 11 is 0. The first-order chi connectivity index (χ1) is 14.5. The number of hydrogen-bond acceptors (Lipinski definition) is 6. The van der Waals surface area contributed by atoms with Crippen LogP contribution in [0.15, 0.2) is 42.7 Å². The van der Waals surface area contributed by atoms with Crippen LogP contribution in [-0.4, -0.2) is 35.3 Å². The smallest absolute Gasteiger partial charge is 0.215 e. The van der Waals surface area contributed by atoms with Gasteiger partial charge in [0.15, 0.2) is 11.5 Å². The molecule has 152 valence electrons. The molecule has 0 unspecified atom stereocenters. The maximum atomic E-state index is 13.2. The predicted molar refractivity (Wildman–Crippen MR) is 112 cm³/mol. The first-order valence-corrected chi connectivity index (χ1v) is 9.91. The van der Waals surface area contributed by atoms with Crippen LogP contribution in [0, 0.1) is 6.92 Å². The molecule has 6 nitrogen and oxygen atoms in total. The third kappa shape index (κ3) is 3.34. The second-order valence-corrected chi connectivity index (χ2v) is 7.22. The number of carbonyl (C=O) groups excluding carboxylic acids is 2. The Balaban J connectivity index is 1.80. The molecule has 1 aliphatic carbocycles. The van der Waals surface area contributed by atoms with Crippen molar-refractivity contribution in [3.8, 4) is 22.6 Å². The van der Waals surface area contributed by atoms with Gasteiger partial charge in [0.05, 0.1) is 24.8 Å². The molecule has 3 aromatic rings. The molecule has 1 aromatic carbocycles. The van der Waals surface area contributed by atoms with Crippen LogP contribution >= 0.6 is 0 Å². The van der Waals surface area contributed by atoms with Gasteiger partial charge in [0.2, 0.25) is 11.6 Å². The van der Waals surface area contributed by atoms with Crippen molar-refractivity contribution in [1.82, 2.24) is 9.97 Å². The minimum absolute atomic E-state index is 0.152. The van der Waals surface area contributed by atoms with Crippen molar-refractivity contribution >= 4 is 11.6 Å². The molecule has 0 spiro atoms. The number of ketones is 2. The predicted octanol–water partition coefficient (Wildman–Crippen LogP) is 4.41. The molecule has 0 N–H and O–H groups in total. The molecule has 0 saturated carbocycles. The molecular weight excluding hydrogens is 380 g/mol. The van der Waals surface area contributed by atoms with Crippen molar-refractivity contribution in [3.05, 3.63) is 70.8 Å². The molecule has 0 bridgehead atoms. The number of rotatable bonds is 6. The molecule has 0 saturated heterocycles. The summed E-state index contributed by atoms with van der Waals surface area (Å²) in [6.45, 7) is 4.54. The lowest BCUT2D eigenvalue weighted by Gasteiger charge is -2.19. The highest BCUT2D eigenvalue weighted by Gasteiger charge is 2.34. The van der Waals surface area contributed by atoms with E-state index < -0.39 is 0 Å². The molecule has 0 radical (unpaired) electrons. The van der Waals surface area contributed by atoms with Crippen LogP contribution in [-0.2, 0) is 0 Å². The van der Waals surface area contributed by atoms with E-state index in [-0.39, 0.29) is 28.5 Å². The number of benzene rings is 1. The van der Waals surface area contributed by atoms with Gasteiger partial charge in [0.1, 0.15) is 11.4 Å². The Morgan fingerprint density at radius 2 is 1.77 bits per heavy atom. The number of ether oxygens (including phenoxy) is 2. The first kappa shape index (κ1) is 19.8. The Morgan fingerprint density at radius 1 is 0.933 bits per heavy atom. The summed E-state index contributed by atoms with van der Waals surface area (Å²) in [6.07, 6.45) is 5.13. The molecule has 1 aliphatic rings. The third-order valence-corrected chi connectivity index (χ3v) is 5.11. The minimum atomic E-state index is -0.301. The Kier molecular flexibility index (Phi) is 5.31. The monoisotopic (exact) mass is 402 g/mol. The molecule has 30 heavy (non-hydrogen) atoms. The number of carbonyl (C=O) groups is 2. The van der Waals surface area contributed by atoms with Crippen LogP contribution in [0.1, 0.15) is 57.4 Å². The average molecular weight is 402 g/mol. The summed E-state index contributed by atoms with van der Waals surface area (Å²) in [5.41, 5.74) is 3.06. The van der Waals surface area contributed by atoms with Crippen molar-refractivity contribution in [1.29, 1.82) is 0 Å². The van der Waals surface area contributed by atoms with Gasteiger partial charge in [-0.3, -0.25) is 19.6 Å². The SMILES string of the molecule is CCCCOc1ccc(-c2ccnc3c2C(=O)c2ncc(C)cc2C3=O)cc1OC. The summed E-state index contributed by atoms with van der Waals surface area (Å²) in [7, 11) is 1.57. The Labute approximate surface area is 174 Å². The maximum Gasteiger partial charge on any atom is 0.215 e. The zero-order valence-electron chi connectivity index (χ0n) is 17.2. The lowest BCUT2D eigenvalue weighted by Crippen LogP contribution is -2.24. The van der Waals surface area contributed by atoms with E-state index in [2.05, 4.69) is 16.9 Å². The lowest BCUT2D eigenvalue weighted by molar-refractivity contribution is 0.0972. The number of fused-ring (bicyclic) bond motifs is 2. The van der Waals surface area contributed by atoms with E-state index in [1.54, 1.807) is 31.6 Å². The van der Waals surface area contributed by atoms with Crippen molar-refractivity contribution in [2.24, 2.45) is 0 Å². The van der Waals surface area contributed by atoms with Crippen LogP contribution in [0.3, 0.4) is 0 Å². The average Bonchev–Trinajstić information content (AvgIpc) is 2.77. The van der Waals surface area contributed by atoms with Gasteiger partial charge in [0.25, 0.3) is 0 Å². The van der Waals surface area contributed by atoms with Gasteiger partial charge >= 0.3 is 0 Å². The number of hydrogen-bond donors (Lipinski definition) is 0. The number of methoxy groups -OCH3 is 1. The minimum Gasteiger partial charge on any atom is -0.493 e. The van der Waals surface area contributed by atoms with Crippen LogP contribution in [0.5, 0.6) is 11.5 Å². The van der Waals surface area contributed by atoms with E-state index in [9.17, 15) is 9.59 Å². The van der Waals surface area contributed by atoms with Gasteiger partial charge in [-0.15, -0.1) is 0 Å². The maximum absolute atomic E-state index is 13.2. The molecule has 2 heterocycles. The zero-order valence-corrected chi connectivity index (χ0v) is 17.2. The number of pyridine rings is 2. The molecule has 6 heteroatoms. The molecule has 0 atom stereocenters. The highest BCUT2D eigenvalue weighted by molar-refractivity contribution is 6.28. The summed E-state index contributed by atoms with van der Waals surface area (Å²) in [5.74, 6) is 0.620. The Morgan fingerprint density at radius 3 is 2.53 bits per heavy atom. The fourth-order valence-electron chi connectivity index (χ4n) is 3.55. The summed E-state index contributed by atoms with van der Waals surface area (Å²) in [5, 5.41) is 0. The molecule has 0 aliphatic heterocycles. The number of aromatic nitrogens is 2. The standard InChI is InChI=1S/C24H22N2O4/c1-4-5-10-30-18-7-6-15(12-19(18)29-3)16-8-9-25-22-20(16)24(28)21-17(23(22)27)11-14(2)13-26-21/h6-9,11-13H,4-5,10H2,1-3H3. The van der Waals surface area contributed by atoms with E-state index in [1.807, 2.05) is 25.1 Å². The van der Waals surface area contributed by atoms with Crippen molar-refractivity contribution in [2.45, 2.75) is 26.7 Å². The normalized spacial score (nSPS) is 12.4. The second kappa shape index (κ2) is 8.06. The largest absolute Gasteiger partial charge is 0.493 e.